The van der Waals surface area contributed by atoms with E-state index in [1.807, 2.05) is 17.4 Å². The highest BCUT2D eigenvalue weighted by atomic mass is 32.1. The average Bonchev–Trinajstić information content (AvgIpc) is 3.76. The molecule has 10 aromatic rings. The van der Waals surface area contributed by atoms with Crippen molar-refractivity contribution in [3.63, 3.8) is 0 Å². The standard InChI is InChI=1S/C53H36N2S/c1-53(2)44-22-12-11-20-42(44)43-26-24-36(31-45(43)53)46-32-47(55-52(54-46)35-17-7-4-8-18-35)39-29-37(33-14-5-3-6-15-33)28-38(30-39)41-21-13-23-48-51(41)50-40-19-10-9-16-34(40)25-27-49(50)56-48/h3-32H,1-2H3. The molecule has 11 rings (SSSR count). The van der Waals surface area contributed by atoms with E-state index in [-0.39, 0.29) is 5.41 Å². The van der Waals surface area contributed by atoms with Crippen LogP contribution >= 0.6 is 11.3 Å². The van der Waals surface area contributed by atoms with Crippen LogP contribution in [-0.4, -0.2) is 9.97 Å². The predicted octanol–water partition coefficient (Wildman–Crippen LogP) is 14.6. The van der Waals surface area contributed by atoms with Crippen molar-refractivity contribution in [2.45, 2.75) is 19.3 Å². The van der Waals surface area contributed by atoms with Crippen LogP contribution < -0.4 is 0 Å². The fraction of sp³-hybridized carbons (Fsp3) is 0.0566. The largest absolute Gasteiger partial charge is 0.228 e. The zero-order chi connectivity index (χ0) is 37.4. The Bertz CT molecular complexity index is 3160. The maximum absolute atomic E-state index is 5.34. The number of nitrogens with zero attached hydrogens (tertiary/aromatic N) is 2. The van der Waals surface area contributed by atoms with E-state index < -0.39 is 0 Å². The molecule has 0 unspecified atom stereocenters. The van der Waals surface area contributed by atoms with Gasteiger partial charge in [0.25, 0.3) is 0 Å². The lowest BCUT2D eigenvalue weighted by atomic mass is 9.82. The predicted molar refractivity (Wildman–Crippen MR) is 237 cm³/mol. The minimum absolute atomic E-state index is 0.114. The second-order valence-electron chi connectivity index (χ2n) is 15.4. The second kappa shape index (κ2) is 12.7. The molecule has 2 aromatic heterocycles. The molecule has 0 bridgehead atoms. The van der Waals surface area contributed by atoms with Crippen LogP contribution in [0.4, 0.5) is 0 Å². The third-order valence-corrected chi connectivity index (χ3v) is 12.8. The summed E-state index contributed by atoms with van der Waals surface area (Å²) in [7, 11) is 0. The van der Waals surface area contributed by atoms with Gasteiger partial charge in [-0.05, 0) is 97.7 Å². The maximum atomic E-state index is 5.34. The van der Waals surface area contributed by atoms with E-state index in [1.54, 1.807) is 0 Å². The Labute approximate surface area is 330 Å². The molecule has 0 amide bonds. The Morgan fingerprint density at radius 3 is 1.88 bits per heavy atom. The van der Waals surface area contributed by atoms with E-state index in [1.165, 1.54) is 64.3 Å². The molecule has 56 heavy (non-hydrogen) atoms. The van der Waals surface area contributed by atoms with Crippen molar-refractivity contribution in [3.8, 4) is 67.3 Å². The summed E-state index contributed by atoms with van der Waals surface area (Å²) in [6.45, 7) is 4.66. The van der Waals surface area contributed by atoms with Crippen molar-refractivity contribution < 1.29 is 0 Å². The van der Waals surface area contributed by atoms with E-state index >= 15 is 0 Å². The van der Waals surface area contributed by atoms with Crippen LogP contribution in [0.1, 0.15) is 25.0 Å². The van der Waals surface area contributed by atoms with Gasteiger partial charge >= 0.3 is 0 Å². The summed E-state index contributed by atoms with van der Waals surface area (Å²) in [6.07, 6.45) is 0. The van der Waals surface area contributed by atoms with E-state index in [4.69, 9.17) is 9.97 Å². The summed E-state index contributed by atoms with van der Waals surface area (Å²) in [5.74, 6) is 0.713. The van der Waals surface area contributed by atoms with E-state index in [0.29, 0.717) is 5.82 Å². The van der Waals surface area contributed by atoms with E-state index in [9.17, 15) is 0 Å². The lowest BCUT2D eigenvalue weighted by Crippen LogP contribution is -2.14. The summed E-state index contributed by atoms with van der Waals surface area (Å²) in [4.78, 5) is 10.6. The van der Waals surface area contributed by atoms with E-state index in [2.05, 4.69) is 190 Å². The first kappa shape index (κ1) is 32.7. The molecule has 0 fully saturated rings. The molecule has 2 heterocycles. The van der Waals surface area contributed by atoms with Crippen molar-refractivity contribution >= 4 is 42.3 Å². The number of hydrogen-bond donors (Lipinski definition) is 0. The van der Waals surface area contributed by atoms with Gasteiger partial charge in [-0.3, -0.25) is 0 Å². The molecule has 1 aliphatic carbocycles. The van der Waals surface area contributed by atoms with Gasteiger partial charge < -0.3 is 0 Å². The average molecular weight is 733 g/mol. The number of rotatable bonds is 5. The van der Waals surface area contributed by atoms with Gasteiger partial charge in [-0.2, -0.15) is 0 Å². The Morgan fingerprint density at radius 2 is 1.04 bits per heavy atom. The number of benzene rings is 8. The molecule has 0 atom stereocenters. The van der Waals surface area contributed by atoms with Crippen molar-refractivity contribution in [2.75, 3.05) is 0 Å². The van der Waals surface area contributed by atoms with Gasteiger partial charge in [-0.1, -0.05) is 153 Å². The number of hydrogen-bond acceptors (Lipinski definition) is 3. The smallest absolute Gasteiger partial charge is 0.160 e. The van der Waals surface area contributed by atoms with Crippen LogP contribution in [0.25, 0.3) is 98.2 Å². The van der Waals surface area contributed by atoms with Gasteiger partial charge in [-0.25, -0.2) is 9.97 Å². The van der Waals surface area contributed by atoms with Gasteiger partial charge in [0.2, 0.25) is 0 Å². The van der Waals surface area contributed by atoms with Crippen LogP contribution in [0.2, 0.25) is 0 Å². The highest BCUT2D eigenvalue weighted by Crippen LogP contribution is 2.50. The summed E-state index contributed by atoms with van der Waals surface area (Å²) in [6, 6.07) is 66.0. The first-order chi connectivity index (χ1) is 27.5. The van der Waals surface area contributed by atoms with Gasteiger partial charge in [-0.15, -0.1) is 11.3 Å². The van der Waals surface area contributed by atoms with Crippen LogP contribution in [0.5, 0.6) is 0 Å². The SMILES string of the molecule is CC1(C)c2ccccc2-c2ccc(-c3cc(-c4cc(-c5ccccc5)cc(-c5cccc6sc7ccc8ccccc8c7c56)c4)nc(-c4ccccc4)n3)cc21. The van der Waals surface area contributed by atoms with Crippen LogP contribution in [0.3, 0.4) is 0 Å². The summed E-state index contributed by atoms with van der Waals surface area (Å²) in [5.41, 5.74) is 14.8. The molecule has 3 heteroatoms. The molecule has 0 saturated heterocycles. The summed E-state index contributed by atoms with van der Waals surface area (Å²) >= 11 is 1.87. The topological polar surface area (TPSA) is 25.8 Å². The maximum Gasteiger partial charge on any atom is 0.160 e. The zero-order valence-corrected chi connectivity index (χ0v) is 31.9. The van der Waals surface area contributed by atoms with Gasteiger partial charge in [0, 0.05) is 42.3 Å². The number of fused-ring (bicyclic) bond motifs is 8. The van der Waals surface area contributed by atoms with Crippen molar-refractivity contribution in [1.29, 1.82) is 0 Å². The summed E-state index contributed by atoms with van der Waals surface area (Å²) in [5, 5.41) is 5.17. The molecule has 2 nitrogen and oxygen atoms in total. The molecule has 1 aliphatic rings. The quantitative estimate of drug-likeness (QED) is 0.176. The van der Waals surface area contributed by atoms with Crippen molar-refractivity contribution in [3.05, 3.63) is 193 Å². The molecule has 0 spiro atoms. The number of aromatic nitrogens is 2. The molecule has 0 saturated carbocycles. The van der Waals surface area contributed by atoms with Crippen LogP contribution in [0, 0.1) is 0 Å². The van der Waals surface area contributed by atoms with Crippen LogP contribution in [-0.2, 0) is 5.41 Å². The molecular weight excluding hydrogens is 697 g/mol. The lowest BCUT2D eigenvalue weighted by Gasteiger charge is -2.22. The molecule has 0 radical (unpaired) electrons. The third-order valence-electron chi connectivity index (χ3n) is 11.7. The Balaban J connectivity index is 1.15. The summed E-state index contributed by atoms with van der Waals surface area (Å²) < 4.78 is 2.59. The Hall–Kier alpha value is -6.68. The molecule has 0 aliphatic heterocycles. The fourth-order valence-electron chi connectivity index (χ4n) is 8.88. The van der Waals surface area contributed by atoms with Gasteiger partial charge in [0.05, 0.1) is 11.4 Å². The van der Waals surface area contributed by atoms with Crippen molar-refractivity contribution in [1.82, 2.24) is 9.97 Å². The highest BCUT2D eigenvalue weighted by molar-refractivity contribution is 7.26. The van der Waals surface area contributed by atoms with Crippen LogP contribution in [0.15, 0.2) is 182 Å². The molecule has 264 valence electrons. The second-order valence-corrected chi connectivity index (χ2v) is 16.4. The number of thiophene rings is 1. The molecular formula is C53H36N2S. The van der Waals surface area contributed by atoms with Crippen molar-refractivity contribution in [2.24, 2.45) is 0 Å². The zero-order valence-electron chi connectivity index (χ0n) is 31.1. The van der Waals surface area contributed by atoms with E-state index in [0.717, 1.165) is 39.2 Å². The first-order valence-corrected chi connectivity index (χ1v) is 20.0. The molecule has 0 N–H and O–H groups in total. The monoisotopic (exact) mass is 732 g/mol. The normalized spacial score (nSPS) is 13.0. The fourth-order valence-corrected chi connectivity index (χ4v) is 10.0. The lowest BCUT2D eigenvalue weighted by molar-refractivity contribution is 0.660. The third kappa shape index (κ3) is 5.23. The highest BCUT2D eigenvalue weighted by Gasteiger charge is 2.35. The molecule has 8 aromatic carbocycles. The Kier molecular flexibility index (Phi) is 7.42. The van der Waals surface area contributed by atoms with Gasteiger partial charge in [0.1, 0.15) is 0 Å². The minimum Gasteiger partial charge on any atom is -0.228 e. The minimum atomic E-state index is -0.114. The van der Waals surface area contributed by atoms with Gasteiger partial charge in [0.15, 0.2) is 5.82 Å². The first-order valence-electron chi connectivity index (χ1n) is 19.2. The Morgan fingerprint density at radius 1 is 0.393 bits per heavy atom.